The average Bonchev–Trinajstić information content (AvgIpc) is 2.96. The molecule has 0 saturated heterocycles. The summed E-state index contributed by atoms with van der Waals surface area (Å²) in [6.45, 7) is 0.134. The Morgan fingerprint density at radius 3 is 2.75 bits per heavy atom. The highest BCUT2D eigenvalue weighted by molar-refractivity contribution is 5.81. The number of nitrogens with zero attached hydrogens (tertiary/aromatic N) is 2. The number of rotatable bonds is 4. The number of H-pyrrole nitrogens is 1. The zero-order chi connectivity index (χ0) is 17.2. The molecule has 2 N–H and O–H groups in total. The van der Waals surface area contributed by atoms with Crippen LogP contribution in [0.3, 0.4) is 0 Å². The van der Waals surface area contributed by atoms with Crippen LogP contribution in [0.2, 0.25) is 0 Å². The molecular formula is C16H13F3N4O. The van der Waals surface area contributed by atoms with E-state index < -0.39 is 17.6 Å². The van der Waals surface area contributed by atoms with Crippen molar-refractivity contribution >= 4 is 16.9 Å². The van der Waals surface area contributed by atoms with Gasteiger partial charge in [0.05, 0.1) is 24.2 Å². The van der Waals surface area contributed by atoms with Gasteiger partial charge in [0.2, 0.25) is 5.91 Å². The second-order valence-corrected chi connectivity index (χ2v) is 5.19. The third-order valence-corrected chi connectivity index (χ3v) is 3.54. The van der Waals surface area contributed by atoms with Gasteiger partial charge in [-0.05, 0) is 23.8 Å². The van der Waals surface area contributed by atoms with Gasteiger partial charge in [-0.15, -0.1) is 0 Å². The number of pyridine rings is 1. The summed E-state index contributed by atoms with van der Waals surface area (Å²) in [6, 6.07) is 8.59. The van der Waals surface area contributed by atoms with E-state index >= 15 is 0 Å². The Bertz CT molecular complexity index is 873. The van der Waals surface area contributed by atoms with E-state index in [1.807, 2.05) is 0 Å². The van der Waals surface area contributed by atoms with Crippen molar-refractivity contribution in [1.82, 2.24) is 20.5 Å². The fourth-order valence-corrected chi connectivity index (χ4v) is 2.41. The van der Waals surface area contributed by atoms with Gasteiger partial charge in [-0.1, -0.05) is 18.2 Å². The van der Waals surface area contributed by atoms with Crippen LogP contribution in [0.5, 0.6) is 0 Å². The summed E-state index contributed by atoms with van der Waals surface area (Å²) in [4.78, 5) is 16.0. The first-order valence-corrected chi connectivity index (χ1v) is 7.15. The average molecular weight is 334 g/mol. The highest BCUT2D eigenvalue weighted by Crippen LogP contribution is 2.32. The molecule has 1 amide bonds. The lowest BCUT2D eigenvalue weighted by Gasteiger charge is -2.12. The Hall–Kier alpha value is -2.90. The van der Waals surface area contributed by atoms with Crippen LogP contribution in [-0.2, 0) is 23.9 Å². The van der Waals surface area contributed by atoms with E-state index in [0.717, 1.165) is 11.5 Å². The zero-order valence-corrected chi connectivity index (χ0v) is 12.4. The van der Waals surface area contributed by atoms with E-state index in [9.17, 15) is 18.0 Å². The van der Waals surface area contributed by atoms with Crippen LogP contribution < -0.4 is 5.32 Å². The zero-order valence-electron chi connectivity index (χ0n) is 12.4. The molecule has 3 aromatic rings. The summed E-state index contributed by atoms with van der Waals surface area (Å²) >= 11 is 0. The standard InChI is InChI=1S/C16H13F3N4O/c17-16(18,19)12-6-2-1-4-10(12)8-14(24)21-9-13-11-5-3-7-20-15(11)23-22-13/h1-7H,8-9H2,(H,21,24)(H,20,22,23). The van der Waals surface area contributed by atoms with Crippen molar-refractivity contribution in [1.29, 1.82) is 0 Å². The first kappa shape index (κ1) is 16.0. The molecule has 0 aliphatic heterocycles. The minimum atomic E-state index is -4.48. The Morgan fingerprint density at radius 1 is 1.17 bits per heavy atom. The van der Waals surface area contributed by atoms with Crippen molar-refractivity contribution < 1.29 is 18.0 Å². The molecule has 0 saturated carbocycles. The van der Waals surface area contributed by atoms with Gasteiger partial charge in [-0.2, -0.15) is 18.3 Å². The van der Waals surface area contributed by atoms with Crippen molar-refractivity contribution in [3.05, 3.63) is 59.4 Å². The maximum absolute atomic E-state index is 12.9. The van der Waals surface area contributed by atoms with Crippen LogP contribution in [0.1, 0.15) is 16.8 Å². The molecule has 124 valence electrons. The topological polar surface area (TPSA) is 70.7 Å². The molecule has 0 radical (unpaired) electrons. The number of hydrogen-bond donors (Lipinski definition) is 2. The summed E-state index contributed by atoms with van der Waals surface area (Å²) in [5, 5.41) is 10.1. The van der Waals surface area contributed by atoms with Crippen LogP contribution in [0.15, 0.2) is 42.6 Å². The van der Waals surface area contributed by atoms with Crippen molar-refractivity contribution in [2.75, 3.05) is 0 Å². The summed E-state index contributed by atoms with van der Waals surface area (Å²) in [7, 11) is 0. The maximum atomic E-state index is 12.9. The van der Waals surface area contributed by atoms with Gasteiger partial charge in [0.25, 0.3) is 0 Å². The Kier molecular flexibility index (Phi) is 4.20. The fraction of sp³-hybridized carbons (Fsp3) is 0.188. The highest BCUT2D eigenvalue weighted by atomic mass is 19.4. The minimum Gasteiger partial charge on any atom is -0.350 e. The normalized spacial score (nSPS) is 11.6. The van der Waals surface area contributed by atoms with Gasteiger partial charge in [-0.3, -0.25) is 9.89 Å². The lowest BCUT2D eigenvalue weighted by atomic mass is 10.0. The molecule has 0 spiro atoms. The first-order chi connectivity index (χ1) is 11.4. The molecule has 2 aromatic heterocycles. The van der Waals surface area contributed by atoms with Gasteiger partial charge in [-0.25, -0.2) is 4.98 Å². The Balaban J connectivity index is 1.69. The summed E-state index contributed by atoms with van der Waals surface area (Å²) in [5.74, 6) is -0.502. The van der Waals surface area contributed by atoms with E-state index in [1.54, 1.807) is 18.3 Å². The largest absolute Gasteiger partial charge is 0.416 e. The van der Waals surface area contributed by atoms with Crippen molar-refractivity contribution in [2.24, 2.45) is 0 Å². The maximum Gasteiger partial charge on any atom is 0.416 e. The quantitative estimate of drug-likeness (QED) is 0.771. The van der Waals surface area contributed by atoms with Crippen LogP contribution in [0, 0.1) is 0 Å². The molecular weight excluding hydrogens is 321 g/mol. The lowest BCUT2D eigenvalue weighted by Crippen LogP contribution is -2.26. The van der Waals surface area contributed by atoms with E-state index in [-0.39, 0.29) is 18.5 Å². The number of halogens is 3. The second-order valence-electron chi connectivity index (χ2n) is 5.19. The number of nitrogens with one attached hydrogen (secondary N) is 2. The third-order valence-electron chi connectivity index (χ3n) is 3.54. The molecule has 3 rings (SSSR count). The van der Waals surface area contributed by atoms with Crippen molar-refractivity contribution in [3.8, 4) is 0 Å². The molecule has 1 aromatic carbocycles. The molecule has 0 aliphatic carbocycles. The Morgan fingerprint density at radius 2 is 1.96 bits per heavy atom. The summed E-state index contributed by atoms with van der Waals surface area (Å²) in [5.41, 5.74) is 0.315. The molecule has 0 aliphatic rings. The van der Waals surface area contributed by atoms with Gasteiger partial charge >= 0.3 is 6.18 Å². The molecule has 0 bridgehead atoms. The number of benzene rings is 1. The SMILES string of the molecule is O=C(Cc1ccccc1C(F)(F)F)NCc1[nH]nc2ncccc12. The number of aromatic amines is 1. The Labute approximate surface area is 134 Å². The van der Waals surface area contributed by atoms with E-state index in [4.69, 9.17) is 0 Å². The van der Waals surface area contributed by atoms with Crippen LogP contribution in [-0.4, -0.2) is 21.1 Å². The molecule has 0 unspecified atom stereocenters. The fourth-order valence-electron chi connectivity index (χ4n) is 2.41. The molecule has 0 atom stereocenters. The smallest absolute Gasteiger partial charge is 0.350 e. The third kappa shape index (κ3) is 3.37. The number of alkyl halides is 3. The van der Waals surface area contributed by atoms with Gasteiger partial charge in [0.1, 0.15) is 0 Å². The number of aromatic nitrogens is 3. The second kappa shape index (κ2) is 6.31. The number of carbonyl (C=O) groups is 1. The molecule has 8 heteroatoms. The van der Waals surface area contributed by atoms with Crippen LogP contribution >= 0.6 is 0 Å². The van der Waals surface area contributed by atoms with Gasteiger partial charge in [0.15, 0.2) is 5.65 Å². The number of amides is 1. The number of fused-ring (bicyclic) bond motifs is 1. The monoisotopic (exact) mass is 334 g/mol. The number of carbonyl (C=O) groups excluding carboxylic acids is 1. The van der Waals surface area contributed by atoms with Crippen LogP contribution in [0.4, 0.5) is 13.2 Å². The predicted octanol–water partition coefficient (Wildman–Crippen LogP) is 2.84. The van der Waals surface area contributed by atoms with E-state index in [2.05, 4.69) is 20.5 Å². The first-order valence-electron chi connectivity index (χ1n) is 7.15. The van der Waals surface area contributed by atoms with Crippen molar-refractivity contribution in [3.63, 3.8) is 0 Å². The molecule has 2 heterocycles. The van der Waals surface area contributed by atoms with Gasteiger partial charge < -0.3 is 5.32 Å². The minimum absolute atomic E-state index is 0.0568. The summed E-state index contributed by atoms with van der Waals surface area (Å²) in [6.07, 6.45) is -3.23. The molecule has 24 heavy (non-hydrogen) atoms. The van der Waals surface area contributed by atoms with E-state index in [0.29, 0.717) is 11.3 Å². The lowest BCUT2D eigenvalue weighted by molar-refractivity contribution is -0.138. The van der Waals surface area contributed by atoms with Crippen molar-refractivity contribution in [2.45, 2.75) is 19.1 Å². The highest BCUT2D eigenvalue weighted by Gasteiger charge is 2.33. The van der Waals surface area contributed by atoms with Crippen LogP contribution in [0.25, 0.3) is 11.0 Å². The van der Waals surface area contributed by atoms with E-state index in [1.165, 1.54) is 18.2 Å². The molecule has 5 nitrogen and oxygen atoms in total. The molecule has 0 fully saturated rings. The summed E-state index contributed by atoms with van der Waals surface area (Å²) < 4.78 is 38.8. The predicted molar refractivity (Wildman–Crippen MR) is 80.9 cm³/mol. The number of hydrogen-bond acceptors (Lipinski definition) is 3. The van der Waals surface area contributed by atoms with Gasteiger partial charge in [0, 0.05) is 11.6 Å².